The zero-order chi connectivity index (χ0) is 18.4. The number of aliphatic hydroxyl groups is 1. The predicted octanol–water partition coefficient (Wildman–Crippen LogP) is 4.48. The van der Waals surface area contributed by atoms with Gasteiger partial charge in [0, 0.05) is 23.2 Å². The molecule has 138 valence electrons. The van der Waals surface area contributed by atoms with E-state index in [1.54, 1.807) is 6.07 Å². The Balaban J connectivity index is 1.48. The number of aromatic nitrogens is 1. The second-order valence-electron chi connectivity index (χ2n) is 6.30. The van der Waals surface area contributed by atoms with Gasteiger partial charge in [-0.15, -0.1) is 0 Å². The van der Waals surface area contributed by atoms with Crippen LogP contribution in [0.15, 0.2) is 48.7 Å². The molecule has 3 aromatic rings. The zero-order valence-electron chi connectivity index (χ0n) is 15.0. The Labute approximate surface area is 159 Å². The summed E-state index contributed by atoms with van der Waals surface area (Å²) in [5.74, 6) is 0.902. The number of aliphatic hydroxyl groups excluding tert-OH is 1. The van der Waals surface area contributed by atoms with Gasteiger partial charge in [-0.1, -0.05) is 35.9 Å². The number of halogens is 1. The van der Waals surface area contributed by atoms with Gasteiger partial charge in [-0.3, -0.25) is 0 Å². The topological polar surface area (TPSA) is 57.3 Å². The third-order valence-corrected chi connectivity index (χ3v) is 4.67. The lowest BCUT2D eigenvalue weighted by molar-refractivity contribution is 0.175. The monoisotopic (exact) mass is 372 g/mol. The number of H-pyrrole nitrogens is 1. The molecule has 1 unspecified atom stereocenters. The SMILES string of the molecule is CCOc1cccc2c(CCCNCC(O)c3cccc(Cl)c3)c[nH]c12. The number of para-hydroxylation sites is 1. The number of hydrogen-bond donors (Lipinski definition) is 3. The number of ether oxygens (including phenoxy) is 1. The van der Waals surface area contributed by atoms with Crippen molar-refractivity contribution in [3.63, 3.8) is 0 Å². The molecule has 3 rings (SSSR count). The summed E-state index contributed by atoms with van der Waals surface area (Å²) in [6.45, 7) is 4.01. The molecular weight excluding hydrogens is 348 g/mol. The zero-order valence-corrected chi connectivity index (χ0v) is 15.7. The van der Waals surface area contributed by atoms with Crippen LogP contribution in [0.25, 0.3) is 10.9 Å². The Morgan fingerprint density at radius 1 is 1.23 bits per heavy atom. The van der Waals surface area contributed by atoms with Crippen LogP contribution in [0.5, 0.6) is 5.75 Å². The van der Waals surface area contributed by atoms with Crippen LogP contribution >= 0.6 is 11.6 Å². The lowest BCUT2D eigenvalue weighted by atomic mass is 10.1. The van der Waals surface area contributed by atoms with E-state index in [4.69, 9.17) is 16.3 Å². The van der Waals surface area contributed by atoms with Crippen LogP contribution in [0.3, 0.4) is 0 Å². The molecule has 1 atom stereocenters. The van der Waals surface area contributed by atoms with Crippen LogP contribution in [0, 0.1) is 0 Å². The maximum atomic E-state index is 10.2. The molecule has 0 bridgehead atoms. The summed E-state index contributed by atoms with van der Waals surface area (Å²) in [7, 11) is 0. The number of aromatic amines is 1. The third kappa shape index (κ3) is 4.58. The molecule has 3 N–H and O–H groups in total. The molecule has 0 saturated heterocycles. The summed E-state index contributed by atoms with van der Waals surface area (Å²) in [6.07, 6.45) is 3.48. The molecule has 0 spiro atoms. The molecule has 4 nitrogen and oxygen atoms in total. The van der Waals surface area contributed by atoms with Gasteiger partial charge in [-0.25, -0.2) is 0 Å². The normalized spacial score (nSPS) is 12.4. The molecule has 26 heavy (non-hydrogen) atoms. The van der Waals surface area contributed by atoms with Crippen LogP contribution in [-0.2, 0) is 6.42 Å². The van der Waals surface area contributed by atoms with Gasteiger partial charge in [0.1, 0.15) is 5.75 Å². The van der Waals surface area contributed by atoms with Crippen molar-refractivity contribution in [1.29, 1.82) is 0 Å². The van der Waals surface area contributed by atoms with Crippen LogP contribution in [-0.4, -0.2) is 29.8 Å². The first-order chi connectivity index (χ1) is 12.7. The first-order valence-corrected chi connectivity index (χ1v) is 9.43. The van der Waals surface area contributed by atoms with Crippen LogP contribution in [0.2, 0.25) is 5.02 Å². The Hall–Kier alpha value is -2.01. The summed E-state index contributed by atoms with van der Waals surface area (Å²) in [5, 5.41) is 15.4. The fraction of sp³-hybridized carbons (Fsp3) is 0.333. The van der Waals surface area contributed by atoms with Gasteiger partial charge in [0.2, 0.25) is 0 Å². The lowest BCUT2D eigenvalue weighted by Crippen LogP contribution is -2.22. The molecule has 0 aliphatic carbocycles. The van der Waals surface area contributed by atoms with Gasteiger partial charge in [-0.2, -0.15) is 0 Å². The Bertz CT molecular complexity index is 847. The fourth-order valence-electron chi connectivity index (χ4n) is 3.14. The van der Waals surface area contributed by atoms with Crippen molar-refractivity contribution in [2.75, 3.05) is 19.7 Å². The van der Waals surface area contributed by atoms with Crippen LogP contribution < -0.4 is 10.1 Å². The molecule has 0 fully saturated rings. The van der Waals surface area contributed by atoms with E-state index in [1.807, 2.05) is 37.3 Å². The van der Waals surface area contributed by atoms with Crippen molar-refractivity contribution in [3.05, 3.63) is 64.8 Å². The summed E-state index contributed by atoms with van der Waals surface area (Å²) in [4.78, 5) is 3.33. The molecule has 2 aromatic carbocycles. The second-order valence-corrected chi connectivity index (χ2v) is 6.74. The van der Waals surface area contributed by atoms with Crippen LogP contribution in [0.1, 0.15) is 30.6 Å². The van der Waals surface area contributed by atoms with E-state index in [0.29, 0.717) is 18.2 Å². The summed E-state index contributed by atoms with van der Waals surface area (Å²) < 4.78 is 5.67. The van der Waals surface area contributed by atoms with Gasteiger partial charge in [0.15, 0.2) is 0 Å². The van der Waals surface area contributed by atoms with E-state index in [-0.39, 0.29) is 0 Å². The highest BCUT2D eigenvalue weighted by atomic mass is 35.5. The first-order valence-electron chi connectivity index (χ1n) is 9.05. The summed E-state index contributed by atoms with van der Waals surface area (Å²) >= 11 is 5.96. The number of benzene rings is 2. The molecule has 0 aliphatic heterocycles. The number of fused-ring (bicyclic) bond motifs is 1. The molecule has 5 heteroatoms. The quantitative estimate of drug-likeness (QED) is 0.485. The largest absolute Gasteiger partial charge is 0.492 e. The van der Waals surface area contributed by atoms with E-state index < -0.39 is 6.10 Å². The molecule has 1 aromatic heterocycles. The van der Waals surface area contributed by atoms with Crippen molar-refractivity contribution < 1.29 is 9.84 Å². The minimum Gasteiger partial charge on any atom is -0.492 e. The second kappa shape index (κ2) is 9.08. The van der Waals surface area contributed by atoms with E-state index in [0.717, 1.165) is 36.2 Å². The number of nitrogens with one attached hydrogen (secondary N) is 2. The summed E-state index contributed by atoms with van der Waals surface area (Å²) in [6, 6.07) is 13.5. The van der Waals surface area contributed by atoms with E-state index in [9.17, 15) is 5.11 Å². The van der Waals surface area contributed by atoms with Gasteiger partial charge in [-0.05, 0) is 55.6 Å². The smallest absolute Gasteiger partial charge is 0.143 e. The van der Waals surface area contributed by atoms with Crippen molar-refractivity contribution >= 4 is 22.5 Å². The van der Waals surface area contributed by atoms with Gasteiger partial charge in [0.25, 0.3) is 0 Å². The standard InChI is InChI=1S/C21H25ClN2O2/c1-2-26-20-10-4-9-18-16(13-24-21(18)20)7-5-11-23-14-19(25)15-6-3-8-17(22)12-15/h3-4,6,8-10,12-13,19,23-25H,2,5,7,11,14H2,1H3. The predicted molar refractivity (Wildman–Crippen MR) is 107 cm³/mol. The molecule has 0 amide bonds. The van der Waals surface area contributed by atoms with Crippen molar-refractivity contribution in [2.45, 2.75) is 25.9 Å². The van der Waals surface area contributed by atoms with Crippen molar-refractivity contribution in [2.24, 2.45) is 0 Å². The Kier molecular flexibility index (Phi) is 6.56. The van der Waals surface area contributed by atoms with Gasteiger partial charge >= 0.3 is 0 Å². The van der Waals surface area contributed by atoms with E-state index in [1.165, 1.54) is 10.9 Å². The maximum absolute atomic E-state index is 10.2. The first kappa shape index (κ1) is 18.8. The Morgan fingerprint density at radius 3 is 2.88 bits per heavy atom. The molecule has 0 saturated carbocycles. The van der Waals surface area contributed by atoms with E-state index in [2.05, 4.69) is 22.6 Å². The number of hydrogen-bond acceptors (Lipinski definition) is 3. The molecule has 0 radical (unpaired) electrons. The van der Waals surface area contributed by atoms with E-state index >= 15 is 0 Å². The highest BCUT2D eigenvalue weighted by Crippen LogP contribution is 2.27. The minimum absolute atomic E-state index is 0.517. The average molecular weight is 373 g/mol. The lowest BCUT2D eigenvalue weighted by Gasteiger charge is -2.12. The molecule has 1 heterocycles. The van der Waals surface area contributed by atoms with Gasteiger partial charge < -0.3 is 20.1 Å². The van der Waals surface area contributed by atoms with Crippen LogP contribution in [0.4, 0.5) is 0 Å². The highest BCUT2D eigenvalue weighted by Gasteiger charge is 2.09. The fourth-order valence-corrected chi connectivity index (χ4v) is 3.34. The summed E-state index contributed by atoms with van der Waals surface area (Å²) in [5.41, 5.74) is 3.19. The third-order valence-electron chi connectivity index (χ3n) is 4.43. The average Bonchev–Trinajstić information content (AvgIpc) is 3.06. The number of aryl methyl sites for hydroxylation is 1. The Morgan fingerprint density at radius 2 is 2.08 bits per heavy atom. The van der Waals surface area contributed by atoms with Gasteiger partial charge in [0.05, 0.1) is 18.2 Å². The minimum atomic E-state index is -0.546. The van der Waals surface area contributed by atoms with Crippen molar-refractivity contribution in [3.8, 4) is 5.75 Å². The van der Waals surface area contributed by atoms with Crippen molar-refractivity contribution in [1.82, 2.24) is 10.3 Å². The molecular formula is C21H25ClN2O2. The number of rotatable bonds is 9. The maximum Gasteiger partial charge on any atom is 0.143 e. The molecule has 0 aliphatic rings. The highest BCUT2D eigenvalue weighted by molar-refractivity contribution is 6.30.